The number of aromatic nitrogens is 1. The summed E-state index contributed by atoms with van der Waals surface area (Å²) < 4.78 is 39.5. The van der Waals surface area contributed by atoms with Crippen molar-refractivity contribution in [2.24, 2.45) is 5.92 Å². The van der Waals surface area contributed by atoms with Gasteiger partial charge in [-0.05, 0) is 42.2 Å². The Morgan fingerprint density at radius 2 is 1.77 bits per heavy atom. The van der Waals surface area contributed by atoms with Crippen molar-refractivity contribution in [3.05, 3.63) is 65.7 Å². The molecule has 1 aliphatic rings. The van der Waals surface area contributed by atoms with Crippen molar-refractivity contribution in [3.8, 4) is 0 Å². The first-order chi connectivity index (χ1) is 14.9. The third-order valence-corrected chi connectivity index (χ3v) is 6.63. The van der Waals surface area contributed by atoms with E-state index in [2.05, 4.69) is 11.4 Å². The lowest BCUT2D eigenvalue weighted by Crippen LogP contribution is -2.18. The third-order valence-electron chi connectivity index (χ3n) is 5.59. The Morgan fingerprint density at radius 3 is 2.55 bits per heavy atom. The number of pyridine rings is 1. The first-order valence-corrected chi connectivity index (χ1v) is 11.4. The number of alkyl halides is 3. The number of nitrogens with one attached hydrogen (secondary N) is 1. The molecule has 0 spiro atoms. The monoisotopic (exact) mass is 444 g/mol. The maximum absolute atomic E-state index is 13.2. The van der Waals surface area contributed by atoms with Crippen molar-refractivity contribution < 1.29 is 18.0 Å². The smallest absolute Gasteiger partial charge is 0.325 e. The van der Waals surface area contributed by atoms with Gasteiger partial charge in [0.25, 0.3) is 0 Å². The number of rotatable bonds is 6. The highest BCUT2D eigenvalue weighted by atomic mass is 32.2. The van der Waals surface area contributed by atoms with Crippen molar-refractivity contribution in [1.29, 1.82) is 0 Å². The molecule has 0 atom stereocenters. The lowest BCUT2D eigenvalue weighted by molar-refractivity contribution is -0.137. The van der Waals surface area contributed by atoms with Gasteiger partial charge in [-0.1, -0.05) is 67.8 Å². The van der Waals surface area contributed by atoms with E-state index in [1.54, 1.807) is 0 Å². The molecule has 0 saturated heterocycles. The average Bonchev–Trinajstić information content (AvgIpc) is 3.25. The molecule has 1 N–H and O–H groups in total. The molecule has 1 amide bonds. The van der Waals surface area contributed by atoms with E-state index in [0.717, 1.165) is 34.0 Å². The van der Waals surface area contributed by atoms with E-state index in [0.29, 0.717) is 5.92 Å². The topological polar surface area (TPSA) is 42.0 Å². The Kier molecular flexibility index (Phi) is 6.51. The van der Waals surface area contributed by atoms with E-state index in [1.807, 2.05) is 24.3 Å². The van der Waals surface area contributed by atoms with Gasteiger partial charge in [-0.25, -0.2) is 4.98 Å². The van der Waals surface area contributed by atoms with Crippen molar-refractivity contribution in [2.75, 3.05) is 11.1 Å². The van der Waals surface area contributed by atoms with Crippen LogP contribution in [0.25, 0.3) is 10.9 Å². The van der Waals surface area contributed by atoms with E-state index >= 15 is 0 Å². The van der Waals surface area contributed by atoms with Crippen molar-refractivity contribution in [3.63, 3.8) is 0 Å². The lowest BCUT2D eigenvalue weighted by Gasteiger charge is -2.15. The molecule has 31 heavy (non-hydrogen) atoms. The molecule has 0 aliphatic heterocycles. The molecule has 1 fully saturated rings. The molecule has 0 bridgehead atoms. The van der Waals surface area contributed by atoms with Crippen LogP contribution < -0.4 is 5.32 Å². The second-order valence-corrected chi connectivity index (χ2v) is 8.84. The van der Waals surface area contributed by atoms with Gasteiger partial charge in [-0.2, -0.15) is 13.2 Å². The predicted octanol–water partition coefficient (Wildman–Crippen LogP) is 6.72. The second kappa shape index (κ2) is 9.30. The van der Waals surface area contributed by atoms with Crippen molar-refractivity contribution in [2.45, 2.75) is 43.3 Å². The molecule has 162 valence electrons. The molecule has 2 aromatic carbocycles. The summed E-state index contributed by atoms with van der Waals surface area (Å²) in [7, 11) is 0. The summed E-state index contributed by atoms with van der Waals surface area (Å²) in [5.41, 5.74) is 0.888. The summed E-state index contributed by atoms with van der Waals surface area (Å²) in [6.45, 7) is 0. The molecule has 7 heteroatoms. The molecule has 3 aromatic rings. The number of hydrogen-bond donors (Lipinski definition) is 1. The quantitative estimate of drug-likeness (QED) is 0.429. The largest absolute Gasteiger partial charge is 0.418 e. The van der Waals surface area contributed by atoms with Crippen LogP contribution in [0.4, 0.5) is 18.9 Å². The van der Waals surface area contributed by atoms with Crippen molar-refractivity contribution >= 4 is 34.3 Å². The summed E-state index contributed by atoms with van der Waals surface area (Å²) >= 11 is 1.28. The number of benzene rings is 2. The van der Waals surface area contributed by atoms with E-state index < -0.39 is 17.6 Å². The fourth-order valence-electron chi connectivity index (χ4n) is 4.10. The number of nitrogens with zero attached hydrogens (tertiary/aromatic N) is 1. The molecule has 0 unspecified atom stereocenters. The number of hydrogen-bond acceptors (Lipinski definition) is 3. The van der Waals surface area contributed by atoms with Gasteiger partial charge in [0.1, 0.15) is 5.03 Å². The van der Waals surface area contributed by atoms with Gasteiger partial charge in [-0.15, -0.1) is 0 Å². The van der Waals surface area contributed by atoms with E-state index in [-0.39, 0.29) is 11.4 Å². The number of anilines is 1. The Labute approximate surface area is 183 Å². The highest BCUT2D eigenvalue weighted by Crippen LogP contribution is 2.35. The third kappa shape index (κ3) is 5.39. The average molecular weight is 445 g/mol. The minimum atomic E-state index is -4.52. The molecule has 4 rings (SSSR count). The van der Waals surface area contributed by atoms with Crippen LogP contribution in [0.2, 0.25) is 0 Å². The van der Waals surface area contributed by atoms with Crippen LogP contribution in [0, 0.1) is 5.92 Å². The molecular formula is C24H23F3N2OS. The van der Waals surface area contributed by atoms with Gasteiger partial charge in [0.05, 0.1) is 22.5 Å². The zero-order chi connectivity index (χ0) is 21.8. The first-order valence-electron chi connectivity index (χ1n) is 10.4. The Morgan fingerprint density at radius 1 is 1.06 bits per heavy atom. The number of halogens is 3. The standard InChI is InChI=1S/C24H23F3N2OS/c25-24(26,27)19-10-4-6-12-21(19)28-22(30)15-31-23-18(13-16-7-1-2-8-16)14-17-9-3-5-11-20(17)29-23/h3-6,9-12,14,16H,1-2,7-8,13,15H2,(H,28,30). The number of amides is 1. The Balaban J connectivity index is 1.51. The van der Waals surface area contributed by atoms with Crippen LogP contribution in [-0.2, 0) is 17.4 Å². The fourth-order valence-corrected chi connectivity index (χ4v) is 4.93. The molecule has 1 aromatic heterocycles. The number of carbonyl (C=O) groups excluding carboxylic acids is 1. The van der Waals surface area contributed by atoms with Gasteiger partial charge >= 0.3 is 6.18 Å². The predicted molar refractivity (Wildman–Crippen MR) is 118 cm³/mol. The van der Waals surface area contributed by atoms with Gasteiger partial charge in [-0.3, -0.25) is 4.79 Å². The minimum Gasteiger partial charge on any atom is -0.325 e. The van der Waals surface area contributed by atoms with E-state index in [9.17, 15) is 18.0 Å². The second-order valence-electron chi connectivity index (χ2n) is 7.88. The van der Waals surface area contributed by atoms with Crippen LogP contribution in [0.15, 0.2) is 59.6 Å². The summed E-state index contributed by atoms with van der Waals surface area (Å²) in [4.78, 5) is 17.2. The maximum Gasteiger partial charge on any atom is 0.418 e. The van der Waals surface area contributed by atoms with Crippen LogP contribution >= 0.6 is 11.8 Å². The number of carbonyl (C=O) groups is 1. The summed E-state index contributed by atoms with van der Waals surface area (Å²) in [5.74, 6) is 0.133. The SMILES string of the molecule is O=C(CSc1nc2ccccc2cc1CC1CCCC1)Nc1ccccc1C(F)(F)F. The number of para-hydroxylation sites is 2. The Hall–Kier alpha value is -2.54. The fraction of sp³-hybridized carbons (Fsp3) is 0.333. The Bertz CT molecular complexity index is 1080. The summed E-state index contributed by atoms with van der Waals surface area (Å²) in [6, 6.07) is 15.0. The minimum absolute atomic E-state index is 0.00476. The van der Waals surface area contributed by atoms with Gasteiger partial charge in [0.2, 0.25) is 5.91 Å². The van der Waals surface area contributed by atoms with Crippen LogP contribution in [0.1, 0.15) is 36.8 Å². The van der Waals surface area contributed by atoms with Gasteiger partial charge in [0.15, 0.2) is 0 Å². The zero-order valence-corrected chi connectivity index (χ0v) is 17.7. The van der Waals surface area contributed by atoms with Crippen LogP contribution in [0.5, 0.6) is 0 Å². The molecule has 0 radical (unpaired) electrons. The highest BCUT2D eigenvalue weighted by molar-refractivity contribution is 8.00. The van der Waals surface area contributed by atoms with Crippen molar-refractivity contribution in [1.82, 2.24) is 4.98 Å². The summed E-state index contributed by atoms with van der Waals surface area (Å²) in [6.07, 6.45) is 1.28. The molecule has 3 nitrogen and oxygen atoms in total. The van der Waals surface area contributed by atoms with E-state index in [1.165, 1.54) is 55.6 Å². The zero-order valence-electron chi connectivity index (χ0n) is 16.9. The van der Waals surface area contributed by atoms with Gasteiger partial charge < -0.3 is 5.32 Å². The lowest BCUT2D eigenvalue weighted by atomic mass is 9.98. The number of thioether (sulfide) groups is 1. The number of fused-ring (bicyclic) bond motifs is 1. The summed E-state index contributed by atoms with van der Waals surface area (Å²) in [5, 5.41) is 4.25. The van der Waals surface area contributed by atoms with Gasteiger partial charge in [0, 0.05) is 5.39 Å². The molecule has 1 saturated carbocycles. The van der Waals surface area contributed by atoms with Crippen LogP contribution in [0.3, 0.4) is 0 Å². The maximum atomic E-state index is 13.2. The van der Waals surface area contributed by atoms with E-state index in [4.69, 9.17) is 4.98 Å². The molecule has 1 aliphatic carbocycles. The van der Waals surface area contributed by atoms with Crippen LogP contribution in [-0.4, -0.2) is 16.6 Å². The highest BCUT2D eigenvalue weighted by Gasteiger charge is 2.33. The molecular weight excluding hydrogens is 421 g/mol. The molecule has 1 heterocycles. The normalized spacial score (nSPS) is 14.8. The first kappa shape index (κ1) is 21.7.